The van der Waals surface area contributed by atoms with Crippen LogP contribution in [-0.4, -0.2) is 24.8 Å². The van der Waals surface area contributed by atoms with Gasteiger partial charge in [0.1, 0.15) is 11.8 Å². The van der Waals surface area contributed by atoms with Gasteiger partial charge in [-0.2, -0.15) is 5.26 Å². The number of nitriles is 1. The maximum Gasteiger partial charge on any atom is 0.120 e. The highest BCUT2D eigenvalue weighted by molar-refractivity contribution is 5.95. The number of aromatic nitrogens is 1. The zero-order valence-corrected chi connectivity index (χ0v) is 14.7. The first kappa shape index (κ1) is 16.0. The second-order valence-corrected chi connectivity index (χ2v) is 6.92. The van der Waals surface area contributed by atoms with Crippen LogP contribution in [0.4, 0.5) is 0 Å². The van der Waals surface area contributed by atoms with Crippen LogP contribution in [0.5, 0.6) is 5.75 Å². The predicted molar refractivity (Wildman–Crippen MR) is 101 cm³/mol. The van der Waals surface area contributed by atoms with E-state index in [2.05, 4.69) is 40.2 Å². The summed E-state index contributed by atoms with van der Waals surface area (Å²) in [5.41, 5.74) is 4.09. The minimum absolute atomic E-state index is 0.371. The molecule has 1 unspecified atom stereocenters. The third kappa shape index (κ3) is 2.85. The number of rotatable bonds is 5. The van der Waals surface area contributed by atoms with E-state index < -0.39 is 0 Å². The molecule has 1 heterocycles. The van der Waals surface area contributed by atoms with Gasteiger partial charge >= 0.3 is 0 Å². The molecule has 2 aliphatic carbocycles. The number of hydrogen-bond acceptors (Lipinski definition) is 3. The maximum absolute atomic E-state index is 9.88. The van der Waals surface area contributed by atoms with Crippen LogP contribution in [0.25, 0.3) is 16.5 Å². The monoisotopic (exact) mass is 333 g/mol. The van der Waals surface area contributed by atoms with E-state index in [1.165, 1.54) is 12.8 Å². The summed E-state index contributed by atoms with van der Waals surface area (Å²) < 4.78 is 7.76. The van der Waals surface area contributed by atoms with Crippen LogP contribution in [0.3, 0.4) is 0 Å². The number of methoxy groups -OCH3 is 1. The zero-order chi connectivity index (χ0) is 17.4. The lowest BCUT2D eigenvalue weighted by Gasteiger charge is -2.18. The number of likely N-dealkylation sites (N-methyl/N-ethyl adjacent to an activating group) is 1. The van der Waals surface area contributed by atoms with Crippen molar-refractivity contribution < 1.29 is 4.74 Å². The van der Waals surface area contributed by atoms with E-state index in [0.29, 0.717) is 6.04 Å². The molecule has 2 aromatic rings. The highest BCUT2D eigenvalue weighted by Gasteiger charge is 2.27. The van der Waals surface area contributed by atoms with E-state index >= 15 is 0 Å². The Morgan fingerprint density at radius 3 is 2.80 bits per heavy atom. The van der Waals surface area contributed by atoms with Gasteiger partial charge in [0.25, 0.3) is 0 Å². The SMILES string of the molecule is CNC1C=CC(c2c(C#N)c3ccc(OC)cc3n2CC2CC2)=CC1. The van der Waals surface area contributed by atoms with Gasteiger partial charge in [0.2, 0.25) is 0 Å². The number of benzene rings is 1. The highest BCUT2D eigenvalue weighted by Crippen LogP contribution is 2.38. The van der Waals surface area contributed by atoms with Crippen molar-refractivity contribution in [2.24, 2.45) is 5.92 Å². The lowest BCUT2D eigenvalue weighted by atomic mass is 9.98. The first-order chi connectivity index (χ1) is 12.2. The molecule has 0 amide bonds. The molecule has 1 fully saturated rings. The van der Waals surface area contributed by atoms with Crippen LogP contribution in [0.15, 0.2) is 36.4 Å². The molecule has 0 radical (unpaired) electrons. The fourth-order valence-corrected chi connectivity index (χ4v) is 3.63. The van der Waals surface area contributed by atoms with E-state index in [1.54, 1.807) is 7.11 Å². The normalized spacial score (nSPS) is 19.7. The van der Waals surface area contributed by atoms with Crippen molar-refractivity contribution in [2.45, 2.75) is 31.8 Å². The molecule has 0 aliphatic heterocycles. The van der Waals surface area contributed by atoms with Crippen LogP contribution in [0, 0.1) is 17.2 Å². The van der Waals surface area contributed by atoms with Crippen molar-refractivity contribution in [3.8, 4) is 11.8 Å². The molecule has 4 nitrogen and oxygen atoms in total. The summed E-state index contributed by atoms with van der Waals surface area (Å²) in [5.74, 6) is 1.56. The molecule has 4 rings (SSSR count). The quantitative estimate of drug-likeness (QED) is 0.904. The molecule has 25 heavy (non-hydrogen) atoms. The lowest BCUT2D eigenvalue weighted by Crippen LogP contribution is -2.23. The maximum atomic E-state index is 9.88. The standard InChI is InChI=1S/C21H23N3O/c1-23-16-7-5-15(6-8-16)21-19(12-22)18-10-9-17(25-2)11-20(18)24(21)13-14-3-4-14/h5-7,9-11,14,16,23H,3-4,8,13H2,1-2H3. The smallest absolute Gasteiger partial charge is 0.120 e. The van der Waals surface area contributed by atoms with Gasteiger partial charge < -0.3 is 14.6 Å². The molecule has 2 aliphatic rings. The van der Waals surface area contributed by atoms with Gasteiger partial charge in [-0.15, -0.1) is 0 Å². The zero-order valence-electron chi connectivity index (χ0n) is 14.7. The van der Waals surface area contributed by atoms with Gasteiger partial charge in [0, 0.05) is 24.0 Å². The summed E-state index contributed by atoms with van der Waals surface area (Å²) in [5, 5.41) is 14.2. The minimum Gasteiger partial charge on any atom is -0.497 e. The Bertz CT molecular complexity index is 909. The van der Waals surface area contributed by atoms with Gasteiger partial charge in [-0.25, -0.2) is 0 Å². The van der Waals surface area contributed by atoms with Crippen LogP contribution in [0.2, 0.25) is 0 Å². The van der Waals surface area contributed by atoms with Crippen molar-refractivity contribution in [2.75, 3.05) is 14.2 Å². The average molecular weight is 333 g/mol. The number of ether oxygens (including phenoxy) is 1. The number of hydrogen-bond donors (Lipinski definition) is 1. The molecular formula is C21H23N3O. The van der Waals surface area contributed by atoms with Gasteiger partial charge in [-0.05, 0) is 49.9 Å². The minimum atomic E-state index is 0.371. The van der Waals surface area contributed by atoms with Gasteiger partial charge in [0.05, 0.1) is 23.9 Å². The van der Waals surface area contributed by atoms with E-state index in [-0.39, 0.29) is 0 Å². The number of nitrogens with one attached hydrogen (secondary N) is 1. The summed E-state index contributed by atoms with van der Waals surface area (Å²) in [7, 11) is 3.66. The average Bonchev–Trinajstić information content (AvgIpc) is 3.43. The Morgan fingerprint density at radius 1 is 1.36 bits per heavy atom. The van der Waals surface area contributed by atoms with Crippen molar-refractivity contribution >= 4 is 16.5 Å². The summed E-state index contributed by atoms with van der Waals surface area (Å²) in [6, 6.07) is 8.85. The third-order valence-electron chi connectivity index (χ3n) is 5.27. The molecule has 1 saturated carbocycles. The summed E-state index contributed by atoms with van der Waals surface area (Å²) >= 11 is 0. The van der Waals surface area contributed by atoms with Crippen molar-refractivity contribution in [3.05, 3.63) is 47.7 Å². The van der Waals surface area contributed by atoms with Gasteiger partial charge in [0.15, 0.2) is 0 Å². The molecule has 0 spiro atoms. The number of nitrogens with zero attached hydrogens (tertiary/aromatic N) is 2. The fraction of sp³-hybridized carbons (Fsp3) is 0.381. The Balaban J connectivity index is 1.90. The van der Waals surface area contributed by atoms with E-state index in [9.17, 15) is 5.26 Å². The lowest BCUT2D eigenvalue weighted by molar-refractivity contribution is 0.415. The Hall–Kier alpha value is -2.51. The molecule has 0 saturated heterocycles. The number of allylic oxidation sites excluding steroid dienone is 2. The Kier molecular flexibility index (Phi) is 4.10. The van der Waals surface area contributed by atoms with Crippen molar-refractivity contribution in [3.63, 3.8) is 0 Å². The molecular weight excluding hydrogens is 310 g/mol. The summed E-state index contributed by atoms with van der Waals surface area (Å²) in [6.07, 6.45) is 10.1. The third-order valence-corrected chi connectivity index (χ3v) is 5.27. The topological polar surface area (TPSA) is 50.0 Å². The van der Waals surface area contributed by atoms with Crippen LogP contribution < -0.4 is 10.1 Å². The fourth-order valence-electron chi connectivity index (χ4n) is 3.63. The van der Waals surface area contributed by atoms with Crippen molar-refractivity contribution in [1.29, 1.82) is 5.26 Å². The Morgan fingerprint density at radius 2 is 2.20 bits per heavy atom. The molecule has 1 aromatic carbocycles. The second-order valence-electron chi connectivity index (χ2n) is 6.92. The molecule has 4 heteroatoms. The van der Waals surface area contributed by atoms with E-state index in [1.807, 2.05) is 19.2 Å². The van der Waals surface area contributed by atoms with Crippen LogP contribution >= 0.6 is 0 Å². The van der Waals surface area contributed by atoms with Gasteiger partial charge in [-0.3, -0.25) is 0 Å². The van der Waals surface area contributed by atoms with Gasteiger partial charge in [-0.1, -0.05) is 18.2 Å². The van der Waals surface area contributed by atoms with E-state index in [4.69, 9.17) is 4.74 Å². The highest BCUT2D eigenvalue weighted by atomic mass is 16.5. The van der Waals surface area contributed by atoms with Crippen LogP contribution in [0.1, 0.15) is 30.5 Å². The van der Waals surface area contributed by atoms with Crippen molar-refractivity contribution in [1.82, 2.24) is 9.88 Å². The summed E-state index contributed by atoms with van der Waals surface area (Å²) in [6.45, 7) is 0.974. The molecule has 1 aromatic heterocycles. The molecule has 1 atom stereocenters. The predicted octanol–water partition coefficient (Wildman–Crippen LogP) is 3.86. The largest absolute Gasteiger partial charge is 0.497 e. The molecule has 1 N–H and O–H groups in total. The summed E-state index contributed by atoms with van der Waals surface area (Å²) in [4.78, 5) is 0. The molecule has 128 valence electrons. The molecule has 0 bridgehead atoms. The second kappa shape index (κ2) is 6.42. The first-order valence-electron chi connectivity index (χ1n) is 8.91. The van der Waals surface area contributed by atoms with E-state index in [0.717, 1.165) is 52.4 Å². The number of fused-ring (bicyclic) bond motifs is 1. The Labute approximate surface area is 148 Å². The van der Waals surface area contributed by atoms with Crippen LogP contribution in [-0.2, 0) is 6.54 Å². The first-order valence-corrected chi connectivity index (χ1v) is 8.91.